The molecule has 0 aromatic heterocycles. The van der Waals surface area contributed by atoms with Crippen molar-refractivity contribution < 1.29 is 102 Å². The van der Waals surface area contributed by atoms with Crippen LogP contribution in [0, 0.1) is 0 Å². The largest absolute Gasteiger partial charge is 0.460 e. The van der Waals surface area contributed by atoms with Gasteiger partial charge in [0.25, 0.3) is 5.91 Å². The average Bonchev–Trinajstić information content (AvgIpc) is 2.75. The molecule has 25 heteroatoms. The molecule has 0 aromatic carbocycles. The highest BCUT2D eigenvalue weighted by Gasteiger charge is 2.98. The fourth-order valence-corrected chi connectivity index (χ4v) is 2.47. The SMILES string of the molecule is COCC(=O)N(CCN)C(F)(F)C(F)(F)C(F)(F)C(F)(F)C(F)(F)C(F)(F)C(F)(F)C(F)(F)C(F)(F)C(F)(F)F. The molecule has 4 nitrogen and oxygen atoms in total. The van der Waals surface area contributed by atoms with Gasteiger partial charge in [-0.15, -0.1) is 0 Å². The van der Waals surface area contributed by atoms with Crippen molar-refractivity contribution in [1.82, 2.24) is 4.90 Å². The van der Waals surface area contributed by atoms with Crippen molar-refractivity contribution in [3.8, 4) is 0 Å². The van der Waals surface area contributed by atoms with Gasteiger partial charge in [-0.1, -0.05) is 0 Å². The minimum Gasteiger partial charge on any atom is -0.375 e. The van der Waals surface area contributed by atoms with E-state index in [1.165, 1.54) is 0 Å². The molecule has 0 aliphatic carbocycles. The molecule has 1 amide bonds. The van der Waals surface area contributed by atoms with Gasteiger partial charge in [0.15, 0.2) is 0 Å². The van der Waals surface area contributed by atoms with Gasteiger partial charge in [-0.25, -0.2) is 0 Å². The van der Waals surface area contributed by atoms with E-state index in [1.54, 1.807) is 0 Å². The highest BCUT2D eigenvalue weighted by Crippen LogP contribution is 2.66. The Balaban J connectivity index is 7.21. The lowest BCUT2D eigenvalue weighted by Gasteiger charge is -2.45. The first-order chi connectivity index (χ1) is 17.2. The molecule has 0 heterocycles. The number of methoxy groups -OCH3 is 1. The van der Waals surface area contributed by atoms with Crippen LogP contribution in [-0.2, 0) is 9.53 Å². The summed E-state index contributed by atoms with van der Waals surface area (Å²) in [4.78, 5) is 9.60. The Labute approximate surface area is 206 Å². The van der Waals surface area contributed by atoms with Gasteiger partial charge in [-0.05, 0) is 0 Å². The van der Waals surface area contributed by atoms with Gasteiger partial charge in [-0.2, -0.15) is 92.2 Å². The molecule has 0 fully saturated rings. The molecule has 0 atom stereocenters. The molecule has 0 bridgehead atoms. The highest BCUT2D eigenvalue weighted by atomic mass is 19.4. The van der Waals surface area contributed by atoms with E-state index in [-0.39, 0.29) is 0 Å². The maximum absolute atomic E-state index is 14.2. The van der Waals surface area contributed by atoms with E-state index in [0.29, 0.717) is 7.11 Å². The van der Waals surface area contributed by atoms with E-state index in [4.69, 9.17) is 0 Å². The summed E-state index contributed by atoms with van der Waals surface area (Å²) >= 11 is 0. The summed E-state index contributed by atoms with van der Waals surface area (Å²) in [5.41, 5.74) is 4.62. The molecule has 0 saturated heterocycles. The molecular weight excluding hydrogens is 639 g/mol. The van der Waals surface area contributed by atoms with Crippen LogP contribution in [0.3, 0.4) is 0 Å². The number of alkyl halides is 21. The third kappa shape index (κ3) is 4.86. The van der Waals surface area contributed by atoms with Crippen LogP contribution in [0.1, 0.15) is 0 Å². The number of carbonyl (C=O) groups is 1. The van der Waals surface area contributed by atoms with Gasteiger partial charge < -0.3 is 10.5 Å². The summed E-state index contributed by atoms with van der Waals surface area (Å²) < 4.78 is 285. The molecule has 0 spiro atoms. The average molecular weight is 650 g/mol. The zero-order chi connectivity index (χ0) is 33.0. The van der Waals surface area contributed by atoms with Crippen molar-refractivity contribution in [2.75, 3.05) is 26.8 Å². The van der Waals surface area contributed by atoms with Crippen molar-refractivity contribution in [1.29, 1.82) is 0 Å². The van der Waals surface area contributed by atoms with Gasteiger partial charge >= 0.3 is 59.6 Å². The Morgan fingerprint density at radius 2 is 0.825 bits per heavy atom. The minimum atomic E-state index is -9.26. The summed E-state index contributed by atoms with van der Waals surface area (Å²) in [6.07, 6.45) is -8.05. The van der Waals surface area contributed by atoms with Crippen LogP contribution in [0.25, 0.3) is 0 Å². The monoisotopic (exact) mass is 650 g/mol. The molecule has 0 aromatic rings. The molecule has 0 aliphatic heterocycles. The van der Waals surface area contributed by atoms with E-state index < -0.39 is 90.1 Å². The second kappa shape index (κ2) is 10.3. The van der Waals surface area contributed by atoms with Crippen LogP contribution in [0.5, 0.6) is 0 Å². The number of hydrogen-bond donors (Lipinski definition) is 1. The normalized spacial score (nSPS) is 15.9. The molecule has 240 valence electrons. The Hall–Kier alpha value is -2.08. The number of hydrogen-bond acceptors (Lipinski definition) is 3. The van der Waals surface area contributed by atoms with E-state index in [0.717, 1.165) is 0 Å². The van der Waals surface area contributed by atoms with E-state index in [1.807, 2.05) is 0 Å². The quantitative estimate of drug-likeness (QED) is 0.207. The van der Waals surface area contributed by atoms with Crippen molar-refractivity contribution in [3.63, 3.8) is 0 Å². The summed E-state index contributed by atoms with van der Waals surface area (Å²) in [6, 6.07) is -7.21. The number of halogens is 21. The first-order valence-corrected chi connectivity index (χ1v) is 9.14. The Kier molecular flexibility index (Phi) is 9.79. The van der Waals surface area contributed by atoms with Gasteiger partial charge in [0, 0.05) is 20.2 Å². The smallest absolute Gasteiger partial charge is 0.375 e. The number of nitrogens with zero attached hydrogens (tertiary/aromatic N) is 1. The first kappa shape index (κ1) is 37.9. The second-order valence-electron chi connectivity index (χ2n) is 7.40. The molecular formula is C15H11F21N2O2. The molecule has 0 aliphatic rings. The lowest BCUT2D eigenvalue weighted by atomic mass is 9.87. The minimum absolute atomic E-state index is 0.443. The van der Waals surface area contributed by atoms with Crippen LogP contribution >= 0.6 is 0 Å². The Morgan fingerprint density at radius 3 is 1.07 bits per heavy atom. The third-order valence-corrected chi connectivity index (χ3v) is 4.75. The molecule has 0 saturated carbocycles. The van der Waals surface area contributed by atoms with Crippen LogP contribution < -0.4 is 5.73 Å². The summed E-state index contributed by atoms with van der Waals surface area (Å²) in [7, 11) is 0.443. The van der Waals surface area contributed by atoms with Crippen molar-refractivity contribution in [2.45, 2.75) is 59.6 Å². The number of rotatable bonds is 13. The van der Waals surface area contributed by atoms with Gasteiger partial charge in [-0.3, -0.25) is 9.69 Å². The molecule has 0 unspecified atom stereocenters. The number of ether oxygens (including phenoxy) is 1. The van der Waals surface area contributed by atoms with Crippen LogP contribution in [-0.4, -0.2) is 97.2 Å². The first-order valence-electron chi connectivity index (χ1n) is 9.14. The van der Waals surface area contributed by atoms with E-state index in [2.05, 4.69) is 10.5 Å². The Bertz CT molecular complexity index is 912. The maximum Gasteiger partial charge on any atom is 0.460 e. The number of carbonyl (C=O) groups excluding carboxylic acids is 1. The predicted molar refractivity (Wildman–Crippen MR) is 83.2 cm³/mol. The summed E-state index contributed by atoms with van der Waals surface area (Å²) in [6.45, 7) is -5.28. The van der Waals surface area contributed by atoms with Gasteiger partial charge in [0.2, 0.25) is 0 Å². The van der Waals surface area contributed by atoms with Crippen molar-refractivity contribution in [2.24, 2.45) is 5.73 Å². The molecule has 2 N–H and O–H groups in total. The second-order valence-corrected chi connectivity index (χ2v) is 7.40. The van der Waals surface area contributed by atoms with Gasteiger partial charge in [0.1, 0.15) is 6.61 Å². The molecule has 40 heavy (non-hydrogen) atoms. The van der Waals surface area contributed by atoms with Crippen molar-refractivity contribution >= 4 is 5.91 Å². The van der Waals surface area contributed by atoms with Gasteiger partial charge in [0.05, 0.1) is 0 Å². The standard InChI is InChI=1S/C15H11F21N2O2/c1-40-4-5(39)38(3-2-37)15(35,36)13(30,31)11(26,27)9(22,23)7(18,19)6(16,17)8(20,21)10(24,25)12(28,29)14(32,33)34/h2-4,37H2,1H3. The fourth-order valence-electron chi connectivity index (χ4n) is 2.47. The van der Waals surface area contributed by atoms with Crippen LogP contribution in [0.15, 0.2) is 0 Å². The summed E-state index contributed by atoms with van der Waals surface area (Å²) in [5, 5.41) is 0. The Morgan fingerprint density at radius 1 is 0.550 bits per heavy atom. The van der Waals surface area contributed by atoms with Crippen molar-refractivity contribution in [3.05, 3.63) is 0 Å². The molecule has 0 radical (unpaired) electrons. The highest BCUT2D eigenvalue weighted by molar-refractivity contribution is 5.78. The third-order valence-electron chi connectivity index (χ3n) is 4.75. The number of amides is 1. The van der Waals surface area contributed by atoms with E-state index in [9.17, 15) is 97.0 Å². The zero-order valence-corrected chi connectivity index (χ0v) is 18.4. The van der Waals surface area contributed by atoms with Crippen LogP contribution in [0.2, 0.25) is 0 Å². The zero-order valence-electron chi connectivity index (χ0n) is 18.4. The molecule has 0 rings (SSSR count). The fraction of sp³-hybridized carbons (Fsp3) is 0.933. The topological polar surface area (TPSA) is 55.6 Å². The van der Waals surface area contributed by atoms with E-state index >= 15 is 0 Å². The lowest BCUT2D eigenvalue weighted by molar-refractivity contribution is -0.477. The number of nitrogens with two attached hydrogens (primary N) is 1. The summed E-state index contributed by atoms with van der Waals surface area (Å²) in [5.74, 6) is -73.9. The predicted octanol–water partition coefficient (Wildman–Crippen LogP) is 5.66. The lowest BCUT2D eigenvalue weighted by Crippen LogP contribution is -2.77. The van der Waals surface area contributed by atoms with Crippen LogP contribution in [0.4, 0.5) is 92.2 Å². The maximum atomic E-state index is 14.2.